The van der Waals surface area contributed by atoms with Crippen LogP contribution in [0.5, 0.6) is 0 Å². The standard InChI is InChI=1S/C20H26N4/c1-15-21-10-7-20(23-15)17-3-2-4-19(13-17)24-11-8-18(9-12-24)22-14-16-5-6-16/h2-4,7,10,13,16,18,22H,5-6,8-9,11-12,14H2,1H3. The van der Waals surface area contributed by atoms with E-state index in [9.17, 15) is 0 Å². The first-order valence-electron chi connectivity index (χ1n) is 9.16. The molecule has 2 aromatic rings. The Balaban J connectivity index is 1.40. The first-order chi connectivity index (χ1) is 11.8. The molecule has 1 aliphatic heterocycles. The van der Waals surface area contributed by atoms with Gasteiger partial charge in [0.15, 0.2) is 0 Å². The molecule has 1 aromatic heterocycles. The van der Waals surface area contributed by atoms with E-state index >= 15 is 0 Å². The lowest BCUT2D eigenvalue weighted by Gasteiger charge is -2.34. The summed E-state index contributed by atoms with van der Waals surface area (Å²) in [6.07, 6.45) is 7.18. The average Bonchev–Trinajstić information content (AvgIpc) is 3.45. The third-order valence-electron chi connectivity index (χ3n) is 5.17. The van der Waals surface area contributed by atoms with E-state index in [1.807, 2.05) is 19.2 Å². The van der Waals surface area contributed by atoms with Crippen LogP contribution in [0.25, 0.3) is 11.3 Å². The zero-order valence-corrected chi connectivity index (χ0v) is 14.4. The summed E-state index contributed by atoms with van der Waals surface area (Å²) in [7, 11) is 0. The van der Waals surface area contributed by atoms with Crippen LogP contribution < -0.4 is 10.2 Å². The van der Waals surface area contributed by atoms with Crippen molar-refractivity contribution in [2.75, 3.05) is 24.5 Å². The lowest BCUT2D eigenvalue weighted by atomic mass is 10.0. The summed E-state index contributed by atoms with van der Waals surface area (Å²) < 4.78 is 0. The molecule has 4 nitrogen and oxygen atoms in total. The van der Waals surface area contributed by atoms with Crippen LogP contribution in [0.1, 0.15) is 31.5 Å². The Morgan fingerprint density at radius 3 is 2.71 bits per heavy atom. The maximum atomic E-state index is 4.55. The molecule has 2 heterocycles. The summed E-state index contributed by atoms with van der Waals surface area (Å²) in [4.78, 5) is 11.2. The number of anilines is 1. The highest BCUT2D eigenvalue weighted by atomic mass is 15.1. The van der Waals surface area contributed by atoms with E-state index in [2.05, 4.69) is 44.5 Å². The number of piperidine rings is 1. The van der Waals surface area contributed by atoms with Crippen molar-refractivity contribution in [1.82, 2.24) is 15.3 Å². The van der Waals surface area contributed by atoms with Crippen molar-refractivity contribution in [3.63, 3.8) is 0 Å². The second-order valence-corrected chi connectivity index (χ2v) is 7.15. The highest BCUT2D eigenvalue weighted by Gasteiger charge is 2.24. The minimum absolute atomic E-state index is 0.703. The summed E-state index contributed by atoms with van der Waals surface area (Å²) >= 11 is 0. The molecule has 4 heteroatoms. The molecule has 1 N–H and O–H groups in total. The summed E-state index contributed by atoms with van der Waals surface area (Å²) in [5.74, 6) is 1.79. The van der Waals surface area contributed by atoms with Crippen molar-refractivity contribution in [2.45, 2.75) is 38.6 Å². The van der Waals surface area contributed by atoms with Gasteiger partial charge in [0, 0.05) is 36.6 Å². The van der Waals surface area contributed by atoms with Gasteiger partial charge < -0.3 is 10.2 Å². The van der Waals surface area contributed by atoms with Gasteiger partial charge in [0.25, 0.3) is 0 Å². The number of aryl methyl sites for hydroxylation is 1. The van der Waals surface area contributed by atoms with E-state index in [1.165, 1.54) is 43.5 Å². The fourth-order valence-corrected chi connectivity index (χ4v) is 3.48. The van der Waals surface area contributed by atoms with Crippen LogP contribution in [0.15, 0.2) is 36.5 Å². The van der Waals surface area contributed by atoms with Gasteiger partial charge in [-0.15, -0.1) is 0 Å². The summed E-state index contributed by atoms with van der Waals surface area (Å²) in [5.41, 5.74) is 3.49. The fraction of sp³-hybridized carbons (Fsp3) is 0.500. The van der Waals surface area contributed by atoms with Crippen molar-refractivity contribution in [3.8, 4) is 11.3 Å². The number of hydrogen-bond acceptors (Lipinski definition) is 4. The molecule has 1 saturated carbocycles. The maximum Gasteiger partial charge on any atom is 0.125 e. The van der Waals surface area contributed by atoms with Crippen LogP contribution in [-0.4, -0.2) is 35.6 Å². The normalized spacial score (nSPS) is 18.8. The molecule has 0 amide bonds. The quantitative estimate of drug-likeness (QED) is 0.916. The molecule has 0 bridgehead atoms. The van der Waals surface area contributed by atoms with E-state index in [-0.39, 0.29) is 0 Å². The van der Waals surface area contributed by atoms with Crippen molar-refractivity contribution in [2.24, 2.45) is 5.92 Å². The highest BCUT2D eigenvalue weighted by molar-refractivity contribution is 5.65. The van der Waals surface area contributed by atoms with E-state index in [0.29, 0.717) is 6.04 Å². The molecule has 126 valence electrons. The van der Waals surface area contributed by atoms with Gasteiger partial charge in [0.1, 0.15) is 5.82 Å². The van der Waals surface area contributed by atoms with Gasteiger partial charge in [-0.2, -0.15) is 0 Å². The molecule has 1 saturated heterocycles. The lowest BCUT2D eigenvalue weighted by molar-refractivity contribution is 0.409. The number of nitrogens with zero attached hydrogens (tertiary/aromatic N) is 3. The Labute approximate surface area is 144 Å². The van der Waals surface area contributed by atoms with Crippen LogP contribution in [0.4, 0.5) is 5.69 Å². The molecule has 0 unspecified atom stereocenters. The van der Waals surface area contributed by atoms with Crippen LogP contribution in [0, 0.1) is 12.8 Å². The zero-order valence-electron chi connectivity index (χ0n) is 14.4. The maximum absolute atomic E-state index is 4.55. The Morgan fingerprint density at radius 1 is 1.12 bits per heavy atom. The second-order valence-electron chi connectivity index (χ2n) is 7.15. The smallest absolute Gasteiger partial charge is 0.125 e. The largest absolute Gasteiger partial charge is 0.371 e. The third kappa shape index (κ3) is 3.75. The first kappa shape index (κ1) is 15.6. The van der Waals surface area contributed by atoms with Crippen LogP contribution in [-0.2, 0) is 0 Å². The average molecular weight is 322 g/mol. The number of rotatable bonds is 5. The number of hydrogen-bond donors (Lipinski definition) is 1. The monoisotopic (exact) mass is 322 g/mol. The third-order valence-corrected chi connectivity index (χ3v) is 5.17. The van der Waals surface area contributed by atoms with Gasteiger partial charge >= 0.3 is 0 Å². The SMILES string of the molecule is Cc1nccc(-c2cccc(N3CCC(NCC4CC4)CC3)c2)n1. The highest BCUT2D eigenvalue weighted by Crippen LogP contribution is 2.29. The molecule has 0 atom stereocenters. The Kier molecular flexibility index (Phi) is 4.48. The van der Waals surface area contributed by atoms with Gasteiger partial charge in [0.05, 0.1) is 5.69 Å². The van der Waals surface area contributed by atoms with E-state index in [0.717, 1.165) is 30.5 Å². The van der Waals surface area contributed by atoms with Gasteiger partial charge in [0.2, 0.25) is 0 Å². The van der Waals surface area contributed by atoms with Crippen molar-refractivity contribution in [1.29, 1.82) is 0 Å². The molecule has 2 fully saturated rings. The van der Waals surface area contributed by atoms with Gasteiger partial charge in [-0.3, -0.25) is 0 Å². The van der Waals surface area contributed by atoms with Crippen molar-refractivity contribution < 1.29 is 0 Å². The summed E-state index contributed by atoms with van der Waals surface area (Å²) in [6.45, 7) is 5.43. The van der Waals surface area contributed by atoms with Gasteiger partial charge in [-0.25, -0.2) is 9.97 Å². The molecule has 0 radical (unpaired) electrons. The Hall–Kier alpha value is -1.94. The number of nitrogens with one attached hydrogen (secondary N) is 1. The summed E-state index contributed by atoms with van der Waals surface area (Å²) in [6, 6.07) is 11.4. The number of benzene rings is 1. The predicted molar refractivity (Wildman–Crippen MR) is 98.2 cm³/mol. The van der Waals surface area contributed by atoms with Gasteiger partial charge in [-0.1, -0.05) is 12.1 Å². The zero-order chi connectivity index (χ0) is 16.4. The molecular weight excluding hydrogens is 296 g/mol. The fourth-order valence-electron chi connectivity index (χ4n) is 3.48. The van der Waals surface area contributed by atoms with Crippen molar-refractivity contribution in [3.05, 3.63) is 42.4 Å². The molecule has 4 rings (SSSR count). The molecule has 1 aromatic carbocycles. The van der Waals surface area contributed by atoms with Crippen LogP contribution in [0.3, 0.4) is 0 Å². The van der Waals surface area contributed by atoms with Crippen LogP contribution in [0.2, 0.25) is 0 Å². The molecular formula is C20H26N4. The minimum atomic E-state index is 0.703. The topological polar surface area (TPSA) is 41.1 Å². The molecule has 24 heavy (non-hydrogen) atoms. The first-order valence-corrected chi connectivity index (χ1v) is 9.16. The van der Waals surface area contributed by atoms with Crippen molar-refractivity contribution >= 4 is 5.69 Å². The predicted octanol–water partition coefficient (Wildman–Crippen LogP) is 3.42. The van der Waals surface area contributed by atoms with Gasteiger partial charge in [-0.05, 0) is 63.3 Å². The Bertz CT molecular complexity index is 688. The van der Waals surface area contributed by atoms with E-state index in [4.69, 9.17) is 0 Å². The molecule has 1 aliphatic carbocycles. The van der Waals surface area contributed by atoms with E-state index < -0.39 is 0 Å². The Morgan fingerprint density at radius 2 is 1.96 bits per heavy atom. The van der Waals surface area contributed by atoms with Crippen LogP contribution >= 0.6 is 0 Å². The van der Waals surface area contributed by atoms with E-state index in [1.54, 1.807) is 0 Å². The molecule has 2 aliphatic rings. The lowest BCUT2D eigenvalue weighted by Crippen LogP contribution is -2.43. The minimum Gasteiger partial charge on any atom is -0.371 e. The number of aromatic nitrogens is 2. The molecule has 0 spiro atoms. The second kappa shape index (κ2) is 6.89. The summed E-state index contributed by atoms with van der Waals surface area (Å²) in [5, 5.41) is 3.76.